The highest BCUT2D eigenvalue weighted by atomic mass is 127. The van der Waals surface area contributed by atoms with Gasteiger partial charge in [0.2, 0.25) is 6.79 Å². The van der Waals surface area contributed by atoms with Crippen molar-refractivity contribution in [1.29, 1.82) is 0 Å². The third-order valence-electron chi connectivity index (χ3n) is 6.63. The van der Waals surface area contributed by atoms with Crippen LogP contribution >= 0.6 is 22.6 Å². The number of benzene rings is 3. The molecule has 1 aliphatic heterocycles. The Labute approximate surface area is 231 Å². The van der Waals surface area contributed by atoms with E-state index in [-0.39, 0.29) is 12.6 Å². The van der Waals surface area contributed by atoms with E-state index in [1.807, 2.05) is 24.4 Å². The Bertz CT molecular complexity index is 1320. The fourth-order valence-electron chi connectivity index (χ4n) is 4.61. The Balaban J connectivity index is 1.40. The molecule has 1 aliphatic rings. The molecule has 0 radical (unpaired) electrons. The molecule has 5 rings (SSSR count). The molecular formula is C30H31FIN3O2. The first kappa shape index (κ1) is 25.7. The normalized spacial score (nSPS) is 12.4. The number of halogens is 2. The van der Waals surface area contributed by atoms with Gasteiger partial charge in [0.1, 0.15) is 11.6 Å². The molecule has 37 heavy (non-hydrogen) atoms. The van der Waals surface area contributed by atoms with E-state index in [0.717, 1.165) is 74.0 Å². The minimum Gasteiger partial charge on any atom is -0.454 e. The molecule has 5 nitrogen and oxygen atoms in total. The van der Waals surface area contributed by atoms with E-state index in [1.54, 1.807) is 0 Å². The van der Waals surface area contributed by atoms with Gasteiger partial charge in [-0.15, -0.1) is 0 Å². The van der Waals surface area contributed by atoms with Crippen molar-refractivity contribution in [2.75, 3.05) is 13.3 Å². The molecule has 0 saturated carbocycles. The summed E-state index contributed by atoms with van der Waals surface area (Å²) in [7, 11) is 0. The lowest BCUT2D eigenvalue weighted by atomic mass is 10.1. The molecule has 0 amide bonds. The first-order chi connectivity index (χ1) is 18.1. The molecule has 0 fully saturated rings. The second-order valence-corrected chi connectivity index (χ2v) is 10.6. The fourth-order valence-corrected chi connectivity index (χ4v) is 4.97. The molecule has 0 spiro atoms. The van der Waals surface area contributed by atoms with E-state index in [1.165, 1.54) is 26.8 Å². The molecule has 0 N–H and O–H groups in total. The maximum atomic E-state index is 13.6. The van der Waals surface area contributed by atoms with Gasteiger partial charge in [-0.2, -0.15) is 0 Å². The van der Waals surface area contributed by atoms with Gasteiger partial charge in [-0.05, 0) is 95.1 Å². The average Bonchev–Trinajstić information content (AvgIpc) is 3.54. The van der Waals surface area contributed by atoms with E-state index in [0.29, 0.717) is 0 Å². The Hall–Kier alpha value is -2.91. The van der Waals surface area contributed by atoms with Gasteiger partial charge < -0.3 is 14.0 Å². The second kappa shape index (κ2) is 12.1. The highest BCUT2D eigenvalue weighted by molar-refractivity contribution is 14.1. The molecular weight excluding hydrogens is 580 g/mol. The maximum absolute atomic E-state index is 13.6. The summed E-state index contributed by atoms with van der Waals surface area (Å²) in [5, 5.41) is 0. The number of fused-ring (bicyclic) bond motifs is 1. The topological polar surface area (TPSA) is 39.5 Å². The zero-order chi connectivity index (χ0) is 25.6. The van der Waals surface area contributed by atoms with E-state index in [2.05, 4.69) is 75.4 Å². The van der Waals surface area contributed by atoms with Crippen molar-refractivity contribution >= 4 is 22.6 Å². The lowest BCUT2D eigenvalue weighted by molar-refractivity contribution is 0.174. The fraction of sp³-hybridized carbons (Fsp3) is 0.300. The summed E-state index contributed by atoms with van der Waals surface area (Å²) < 4.78 is 28.2. The number of nitrogens with zero attached hydrogens (tertiary/aromatic N) is 3. The number of unbranched alkanes of at least 4 members (excludes halogenated alkanes) is 1. The van der Waals surface area contributed by atoms with Crippen LogP contribution in [0, 0.1) is 9.39 Å². The van der Waals surface area contributed by atoms with Gasteiger partial charge in [0.25, 0.3) is 0 Å². The maximum Gasteiger partial charge on any atom is 0.231 e. The Kier molecular flexibility index (Phi) is 8.41. The van der Waals surface area contributed by atoms with Crippen molar-refractivity contribution in [2.45, 2.75) is 45.8 Å². The summed E-state index contributed by atoms with van der Waals surface area (Å²) in [5.41, 5.74) is 4.61. The van der Waals surface area contributed by atoms with Crippen LogP contribution in [0.2, 0.25) is 0 Å². The second-order valence-electron chi connectivity index (χ2n) is 9.36. The van der Waals surface area contributed by atoms with Crippen LogP contribution in [0.4, 0.5) is 4.39 Å². The number of hydrogen-bond acceptors (Lipinski definition) is 4. The monoisotopic (exact) mass is 611 g/mol. The molecule has 4 aromatic rings. The predicted octanol–water partition coefficient (Wildman–Crippen LogP) is 7.07. The van der Waals surface area contributed by atoms with E-state index in [4.69, 9.17) is 14.5 Å². The third-order valence-corrected chi connectivity index (χ3v) is 7.35. The molecule has 0 saturated heterocycles. The largest absolute Gasteiger partial charge is 0.454 e. The van der Waals surface area contributed by atoms with Crippen molar-refractivity contribution in [3.8, 4) is 22.9 Å². The van der Waals surface area contributed by atoms with Crippen LogP contribution in [0.25, 0.3) is 11.4 Å². The van der Waals surface area contributed by atoms with Gasteiger partial charge in [-0.3, -0.25) is 4.90 Å². The minimum atomic E-state index is -0.235. The van der Waals surface area contributed by atoms with Crippen molar-refractivity contribution in [1.82, 2.24) is 14.5 Å². The number of hydrogen-bond donors (Lipinski definition) is 0. The zero-order valence-corrected chi connectivity index (χ0v) is 23.2. The Morgan fingerprint density at radius 1 is 0.946 bits per heavy atom. The van der Waals surface area contributed by atoms with Crippen LogP contribution in [0.3, 0.4) is 0 Å². The van der Waals surface area contributed by atoms with Gasteiger partial charge >= 0.3 is 0 Å². The van der Waals surface area contributed by atoms with E-state index in [9.17, 15) is 4.39 Å². The van der Waals surface area contributed by atoms with Crippen molar-refractivity contribution in [3.63, 3.8) is 0 Å². The van der Waals surface area contributed by atoms with Crippen molar-refractivity contribution in [2.24, 2.45) is 0 Å². The minimum absolute atomic E-state index is 0.235. The molecule has 0 unspecified atom stereocenters. The number of aromatic nitrogens is 2. The van der Waals surface area contributed by atoms with Crippen molar-refractivity contribution in [3.05, 3.63) is 99.1 Å². The molecule has 0 atom stereocenters. The Morgan fingerprint density at radius 3 is 2.49 bits per heavy atom. The summed E-state index contributed by atoms with van der Waals surface area (Å²) >= 11 is 2.34. The number of imidazole rings is 1. The van der Waals surface area contributed by atoms with Gasteiger partial charge in [-0.1, -0.05) is 31.5 Å². The lowest BCUT2D eigenvalue weighted by Gasteiger charge is -2.24. The SMILES string of the molecule is CCCCn1c(CN(CCc2ccc(I)cc2)Cc2ccc3c(c2)OCO3)cnc1-c1ccc(F)cc1. The number of ether oxygens (including phenoxy) is 2. The predicted molar refractivity (Wildman–Crippen MR) is 152 cm³/mol. The van der Waals surface area contributed by atoms with Crippen LogP contribution in [-0.4, -0.2) is 27.8 Å². The van der Waals surface area contributed by atoms with Crippen LogP contribution < -0.4 is 9.47 Å². The Morgan fingerprint density at radius 2 is 1.70 bits per heavy atom. The number of rotatable bonds is 11. The summed E-state index contributed by atoms with van der Waals surface area (Å²) in [6.07, 6.45) is 5.08. The van der Waals surface area contributed by atoms with Crippen LogP contribution in [0.1, 0.15) is 36.6 Å². The molecule has 7 heteroatoms. The van der Waals surface area contributed by atoms with Crippen LogP contribution in [0.5, 0.6) is 11.5 Å². The highest BCUT2D eigenvalue weighted by Gasteiger charge is 2.18. The van der Waals surface area contributed by atoms with Gasteiger partial charge in [0.15, 0.2) is 11.5 Å². The summed E-state index contributed by atoms with van der Waals surface area (Å²) in [5.74, 6) is 2.27. The zero-order valence-electron chi connectivity index (χ0n) is 21.0. The standard InChI is InChI=1S/C30H31FIN3O2/c1-2-3-15-35-27(18-33-30(35)24-7-9-25(31)10-8-24)20-34(16-14-22-4-11-26(32)12-5-22)19-23-6-13-28-29(17-23)37-21-36-28/h4-13,17-18H,2-3,14-16,19-21H2,1H3. The molecule has 0 aliphatic carbocycles. The highest BCUT2D eigenvalue weighted by Crippen LogP contribution is 2.33. The molecule has 0 bridgehead atoms. The molecule has 192 valence electrons. The molecule has 3 aromatic carbocycles. The van der Waals surface area contributed by atoms with Gasteiger partial charge in [0, 0.05) is 35.3 Å². The van der Waals surface area contributed by atoms with Crippen molar-refractivity contribution < 1.29 is 13.9 Å². The van der Waals surface area contributed by atoms with Gasteiger partial charge in [0.05, 0.1) is 11.9 Å². The average molecular weight is 611 g/mol. The first-order valence-electron chi connectivity index (χ1n) is 12.7. The van der Waals surface area contributed by atoms with E-state index < -0.39 is 0 Å². The quantitative estimate of drug-likeness (QED) is 0.170. The smallest absolute Gasteiger partial charge is 0.231 e. The lowest BCUT2D eigenvalue weighted by Crippen LogP contribution is -2.27. The summed E-state index contributed by atoms with van der Waals surface area (Å²) in [6.45, 7) is 5.80. The van der Waals surface area contributed by atoms with Crippen LogP contribution in [-0.2, 0) is 26.1 Å². The first-order valence-corrected chi connectivity index (χ1v) is 13.8. The summed E-state index contributed by atoms with van der Waals surface area (Å²) in [4.78, 5) is 7.24. The third kappa shape index (κ3) is 6.51. The van der Waals surface area contributed by atoms with Gasteiger partial charge in [-0.25, -0.2) is 9.37 Å². The molecule has 1 aromatic heterocycles. The van der Waals surface area contributed by atoms with E-state index >= 15 is 0 Å². The summed E-state index contributed by atoms with van der Waals surface area (Å²) in [6, 6.07) is 21.5. The molecule has 2 heterocycles. The van der Waals surface area contributed by atoms with Crippen LogP contribution in [0.15, 0.2) is 72.9 Å².